The summed E-state index contributed by atoms with van der Waals surface area (Å²) in [6.07, 6.45) is 0. The summed E-state index contributed by atoms with van der Waals surface area (Å²) in [5, 5.41) is 0. The third-order valence-electron chi connectivity index (χ3n) is 0. The molecule has 0 amide bonds. The second-order valence-electron chi connectivity index (χ2n) is 1.57. The molecule has 0 atom stereocenters. The molecule has 0 bridgehead atoms. The van der Waals surface area contributed by atoms with E-state index in [4.69, 9.17) is 79.7 Å². The van der Waals surface area contributed by atoms with Crippen molar-refractivity contribution >= 4 is 0 Å². The topological polar surface area (TPSA) is 400 Å². The molecule has 0 rings (SSSR count). The molecule has 0 unspecified atom stereocenters. The van der Waals surface area contributed by atoms with Crippen molar-refractivity contribution in [1.82, 2.24) is 0 Å². The van der Waals surface area contributed by atoms with Crippen LogP contribution >= 0.6 is 0 Å². The summed E-state index contributed by atoms with van der Waals surface area (Å²) < 4.78 is 180. The molecule has 0 fully saturated rings. The third-order valence-corrected chi connectivity index (χ3v) is 0. The summed E-state index contributed by atoms with van der Waals surface area (Å²) in [5.41, 5.74) is 0. The summed E-state index contributed by atoms with van der Waals surface area (Å²) in [6.45, 7) is 0. The molecule has 0 aromatic heterocycles. The standard InChI is InChI=1S/K.21O.7V.W/q+1;;;;;;;;;;;;;;;7*-1;;;;;;;;. The molecule has 0 heterocycles. The van der Waals surface area contributed by atoms with Gasteiger partial charge in [0.1, 0.15) is 0 Å². The molecule has 0 aromatic rings. The monoisotopic (exact) mass is 915 g/mol. The minimum atomic E-state index is -3.94. The quantitative estimate of drug-likeness (QED) is 0.204. The van der Waals surface area contributed by atoms with E-state index in [1.807, 2.05) is 0 Å². The SMILES string of the molecule is [K+].[O]=[V](=[O])[O-].[O]=[V](=[O])[O-].[O]=[V](=[O])[O-].[O]=[V](=[O])[O-].[O]=[V](=[O])[O-].[O]=[V](=[O])[O-].[O]=[V](=[O])[O-].[W]. The molecule has 21 nitrogen and oxygen atoms in total. The molecule has 0 spiro atoms. The second kappa shape index (κ2) is 53.6. The predicted octanol–water partition coefficient (Wildman–Crippen LogP) is -13.0. The summed E-state index contributed by atoms with van der Waals surface area (Å²) in [4.78, 5) is 0. The molecule has 30 heavy (non-hydrogen) atoms. The van der Waals surface area contributed by atoms with Crippen LogP contribution in [0, 0.1) is 0 Å². The normalized spacial score (nSPS) is 5.83. The van der Waals surface area contributed by atoms with E-state index < -0.39 is 108 Å². The van der Waals surface area contributed by atoms with E-state index >= 15 is 0 Å². The fourth-order valence-electron chi connectivity index (χ4n) is 0. The van der Waals surface area contributed by atoms with Crippen LogP contribution in [-0.2, 0) is 180 Å². The van der Waals surface area contributed by atoms with Gasteiger partial charge >= 0.3 is 239 Å². The molecule has 0 aromatic carbocycles. The van der Waals surface area contributed by atoms with Gasteiger partial charge in [0.05, 0.1) is 0 Å². The van der Waals surface area contributed by atoms with Gasteiger partial charge in [-0.25, -0.2) is 0 Å². The fourth-order valence-corrected chi connectivity index (χ4v) is 0. The smallest absolute Gasteiger partial charge is 0 e. The number of hydrogen-bond donors (Lipinski definition) is 0. The Morgan fingerprint density at radius 1 is 0.267 bits per heavy atom. The molecule has 174 valence electrons. The van der Waals surface area contributed by atoms with E-state index in [0.717, 1.165) is 0 Å². The van der Waals surface area contributed by atoms with E-state index in [0.29, 0.717) is 0 Å². The van der Waals surface area contributed by atoms with Crippen LogP contribution in [0.4, 0.5) is 0 Å². The van der Waals surface area contributed by atoms with E-state index in [9.17, 15) is 0 Å². The van der Waals surface area contributed by atoms with Gasteiger partial charge in [-0.3, -0.25) is 0 Å². The van der Waals surface area contributed by atoms with Crippen LogP contribution in [0.5, 0.6) is 0 Å². The van der Waals surface area contributed by atoms with Crippen molar-refractivity contribution in [3.05, 3.63) is 0 Å². The van der Waals surface area contributed by atoms with Crippen molar-refractivity contribution in [2.75, 3.05) is 0 Å². The molecule has 0 aliphatic heterocycles. The first kappa shape index (κ1) is 58.9. The molecule has 30 heteroatoms. The Kier molecular flexibility index (Phi) is 105. The van der Waals surface area contributed by atoms with Crippen molar-refractivity contribution in [3.8, 4) is 0 Å². The van der Waals surface area contributed by atoms with Crippen molar-refractivity contribution in [1.29, 1.82) is 0 Å². The average Bonchev–Trinajstić information content (AvgIpc) is 2.20. The summed E-state index contributed by atoms with van der Waals surface area (Å²) in [6, 6.07) is 0. The van der Waals surface area contributed by atoms with Gasteiger partial charge in [-0.15, -0.1) is 0 Å². The Morgan fingerprint density at radius 2 is 0.267 bits per heavy atom. The number of rotatable bonds is 0. The van der Waals surface area contributed by atoms with Crippen LogP contribution in [0.25, 0.3) is 0 Å². The maximum absolute atomic E-state index is 8.56. The zero-order valence-corrected chi connectivity index (χ0v) is 28.9. The Labute approximate surface area is 254 Å². The molecular formula is KO21V7W-6. The maximum Gasteiger partial charge on any atom is 0 e. The second-order valence-corrected chi connectivity index (χ2v) is 6.45. The van der Waals surface area contributed by atoms with Gasteiger partial charge < -0.3 is 0 Å². The zero-order valence-electron chi connectivity index (χ0n) is 13.1. The van der Waals surface area contributed by atoms with Crippen LogP contribution in [0.2, 0.25) is 0 Å². The third kappa shape index (κ3) is 2590. The first-order valence-electron chi connectivity index (χ1n) is 3.83. The Balaban J connectivity index is -0.0000000242. The van der Waals surface area contributed by atoms with Gasteiger partial charge in [-0.2, -0.15) is 0 Å². The molecular weight excluding hydrogens is 916 g/mol. The van der Waals surface area contributed by atoms with E-state index in [1.165, 1.54) is 0 Å². The van der Waals surface area contributed by atoms with Crippen molar-refractivity contribution in [2.45, 2.75) is 0 Å². The van der Waals surface area contributed by atoms with Gasteiger partial charge in [0.25, 0.3) is 0 Å². The Hall–Kier alpha value is 3.34. The molecule has 0 saturated heterocycles. The average molecular weight is 916 g/mol. The fraction of sp³-hybridized carbons (Fsp3) is 0. The minimum absolute atomic E-state index is 0. The zero-order chi connectivity index (χ0) is 25.0. The van der Waals surface area contributed by atoms with Crippen molar-refractivity contribution < 1.29 is 260 Å². The largest absolute Gasteiger partial charge is 0 e. The van der Waals surface area contributed by atoms with Gasteiger partial charge in [0, 0.05) is 21.1 Å². The first-order valence-corrected chi connectivity index (χ1v) is 15.8. The Bertz CT molecular complexity index is 571. The maximum atomic E-state index is 8.56. The van der Waals surface area contributed by atoms with Gasteiger partial charge in [0.2, 0.25) is 0 Å². The molecule has 0 aliphatic rings. The van der Waals surface area contributed by atoms with E-state index in [1.54, 1.807) is 0 Å². The van der Waals surface area contributed by atoms with Crippen LogP contribution in [0.1, 0.15) is 0 Å². The van der Waals surface area contributed by atoms with Crippen LogP contribution in [0.15, 0.2) is 0 Å². The first-order chi connectivity index (χ1) is 12.1. The molecule has 0 N–H and O–H groups in total. The van der Waals surface area contributed by atoms with E-state index in [-0.39, 0.29) is 72.4 Å². The van der Waals surface area contributed by atoms with Crippen LogP contribution < -0.4 is 79.6 Å². The Morgan fingerprint density at radius 3 is 0.267 bits per heavy atom. The summed E-state index contributed by atoms with van der Waals surface area (Å²) in [5.74, 6) is 0. The summed E-state index contributed by atoms with van der Waals surface area (Å²) in [7, 11) is 0. The molecule has 0 radical (unpaired) electrons. The van der Waals surface area contributed by atoms with E-state index in [2.05, 4.69) is 0 Å². The van der Waals surface area contributed by atoms with Gasteiger partial charge in [-0.05, 0) is 0 Å². The predicted molar refractivity (Wildman–Crippen MR) is 9.61 cm³/mol. The van der Waals surface area contributed by atoms with Crippen LogP contribution in [-0.4, -0.2) is 0 Å². The van der Waals surface area contributed by atoms with Gasteiger partial charge in [-0.1, -0.05) is 0 Å². The van der Waals surface area contributed by atoms with Crippen molar-refractivity contribution in [3.63, 3.8) is 0 Å². The summed E-state index contributed by atoms with van der Waals surface area (Å²) >= 11 is -27.6. The van der Waals surface area contributed by atoms with Gasteiger partial charge in [0.15, 0.2) is 0 Å². The molecule has 0 aliphatic carbocycles. The minimum Gasteiger partial charge on any atom is 0 e. The van der Waals surface area contributed by atoms with Crippen molar-refractivity contribution in [2.24, 2.45) is 0 Å². The number of hydrogen-bond acceptors (Lipinski definition) is 21. The van der Waals surface area contributed by atoms with Crippen LogP contribution in [0.3, 0.4) is 0 Å². The molecule has 0 saturated carbocycles.